The number of likely N-dealkylation sites (N-methyl/N-ethyl adjacent to an activating group) is 1. The summed E-state index contributed by atoms with van der Waals surface area (Å²) in [5.74, 6) is 2.13. The molecule has 0 saturated carbocycles. The van der Waals surface area contributed by atoms with Gasteiger partial charge >= 0.3 is 0 Å². The van der Waals surface area contributed by atoms with Crippen LogP contribution in [0.1, 0.15) is 16.8 Å². The summed E-state index contributed by atoms with van der Waals surface area (Å²) in [4.78, 5) is 17.0. The van der Waals surface area contributed by atoms with Gasteiger partial charge in [0, 0.05) is 23.3 Å². The zero-order valence-electron chi connectivity index (χ0n) is 12.3. The Morgan fingerprint density at radius 1 is 1.52 bits per heavy atom. The van der Waals surface area contributed by atoms with Crippen LogP contribution in [0.4, 0.5) is 0 Å². The predicted molar refractivity (Wildman–Crippen MR) is 94.5 cm³/mol. The molecule has 0 aromatic heterocycles. The summed E-state index contributed by atoms with van der Waals surface area (Å²) in [6.45, 7) is 1.68. The summed E-state index contributed by atoms with van der Waals surface area (Å²) in [5, 5.41) is 0.517. The number of nitrogens with zero attached hydrogens (tertiary/aromatic N) is 2. The van der Waals surface area contributed by atoms with E-state index in [1.807, 2.05) is 42.9 Å². The van der Waals surface area contributed by atoms with E-state index in [4.69, 9.17) is 11.6 Å². The molecule has 0 spiro atoms. The molecule has 0 N–H and O–H groups in total. The third-order valence-corrected chi connectivity index (χ3v) is 5.45. The lowest BCUT2D eigenvalue weighted by Crippen LogP contribution is -2.46. The van der Waals surface area contributed by atoms with Gasteiger partial charge in [0.1, 0.15) is 0 Å². The summed E-state index contributed by atoms with van der Waals surface area (Å²) in [6, 6.07) is 5.67. The summed E-state index contributed by atoms with van der Waals surface area (Å²) in [7, 11) is 4.09. The van der Waals surface area contributed by atoms with Gasteiger partial charge in [0.15, 0.2) is 0 Å². The summed E-state index contributed by atoms with van der Waals surface area (Å²) < 4.78 is 0.878. The standard InChI is InChI=1S/C15H20BrClN2OS/c1-18(2)9-12-10-21-7-3-6-19(12)15(20)13-8-11(16)4-5-14(13)17/h4-5,8,12H,3,6-7,9-10H2,1-2H3. The minimum absolute atomic E-state index is 0.0376. The van der Waals surface area contributed by atoms with E-state index < -0.39 is 0 Å². The van der Waals surface area contributed by atoms with Crippen molar-refractivity contribution in [2.75, 3.05) is 38.7 Å². The van der Waals surface area contributed by atoms with Gasteiger partial charge in [-0.2, -0.15) is 11.8 Å². The zero-order chi connectivity index (χ0) is 15.4. The van der Waals surface area contributed by atoms with Gasteiger partial charge in [-0.3, -0.25) is 4.79 Å². The van der Waals surface area contributed by atoms with Crippen LogP contribution in [0.15, 0.2) is 22.7 Å². The molecular weight excluding hydrogens is 372 g/mol. The van der Waals surface area contributed by atoms with Crippen LogP contribution < -0.4 is 0 Å². The Labute approximate surface area is 144 Å². The minimum atomic E-state index is 0.0376. The van der Waals surface area contributed by atoms with Gasteiger partial charge in [0.2, 0.25) is 0 Å². The van der Waals surface area contributed by atoms with Crippen molar-refractivity contribution in [2.24, 2.45) is 0 Å². The lowest BCUT2D eigenvalue weighted by Gasteiger charge is -2.32. The van der Waals surface area contributed by atoms with Gasteiger partial charge in [-0.25, -0.2) is 0 Å². The molecule has 1 atom stereocenters. The molecule has 0 bridgehead atoms. The van der Waals surface area contributed by atoms with Crippen LogP contribution >= 0.6 is 39.3 Å². The molecule has 3 nitrogen and oxygen atoms in total. The molecule has 1 fully saturated rings. The van der Waals surface area contributed by atoms with E-state index in [0.29, 0.717) is 10.6 Å². The Kier molecular flexibility index (Phi) is 6.41. The highest BCUT2D eigenvalue weighted by Gasteiger charge is 2.28. The number of benzene rings is 1. The first-order chi connectivity index (χ1) is 9.99. The number of thioether (sulfide) groups is 1. The predicted octanol–water partition coefficient (Wildman–Crippen LogP) is 3.61. The van der Waals surface area contributed by atoms with Crippen LogP contribution in [-0.4, -0.2) is 60.4 Å². The van der Waals surface area contributed by atoms with Gasteiger partial charge in [-0.05, 0) is 44.5 Å². The highest BCUT2D eigenvalue weighted by molar-refractivity contribution is 9.10. The van der Waals surface area contributed by atoms with E-state index in [9.17, 15) is 4.79 Å². The van der Waals surface area contributed by atoms with Gasteiger partial charge in [0.05, 0.1) is 16.6 Å². The lowest BCUT2D eigenvalue weighted by molar-refractivity contribution is 0.0676. The number of rotatable bonds is 3. The quantitative estimate of drug-likeness (QED) is 0.786. The molecular formula is C15H20BrClN2OS. The second-order valence-corrected chi connectivity index (χ2v) is 7.94. The van der Waals surface area contributed by atoms with E-state index in [2.05, 4.69) is 20.8 Å². The van der Waals surface area contributed by atoms with Crippen LogP contribution in [0, 0.1) is 0 Å². The second kappa shape index (κ2) is 7.86. The normalized spacial score (nSPS) is 19.7. The summed E-state index contributed by atoms with van der Waals surface area (Å²) >= 11 is 11.6. The fourth-order valence-electron chi connectivity index (χ4n) is 2.49. The molecule has 6 heteroatoms. The van der Waals surface area contributed by atoms with Crippen LogP contribution in [0.2, 0.25) is 5.02 Å². The highest BCUT2D eigenvalue weighted by Crippen LogP contribution is 2.25. The number of hydrogen-bond acceptors (Lipinski definition) is 3. The maximum Gasteiger partial charge on any atom is 0.255 e. The van der Waals surface area contributed by atoms with Crippen LogP contribution in [0.25, 0.3) is 0 Å². The van der Waals surface area contributed by atoms with Crippen molar-refractivity contribution >= 4 is 45.2 Å². The average molecular weight is 392 g/mol. The van der Waals surface area contributed by atoms with Gasteiger partial charge in [-0.15, -0.1) is 0 Å². The molecule has 0 radical (unpaired) electrons. The number of halogens is 2. The summed E-state index contributed by atoms with van der Waals surface area (Å²) in [6.07, 6.45) is 1.03. The monoisotopic (exact) mass is 390 g/mol. The largest absolute Gasteiger partial charge is 0.333 e. The van der Waals surface area contributed by atoms with Crippen molar-refractivity contribution in [3.63, 3.8) is 0 Å². The number of hydrogen-bond donors (Lipinski definition) is 0. The van der Waals surface area contributed by atoms with Gasteiger partial charge in [-0.1, -0.05) is 27.5 Å². The first-order valence-electron chi connectivity index (χ1n) is 6.97. The van der Waals surface area contributed by atoms with E-state index in [1.165, 1.54) is 0 Å². The van der Waals surface area contributed by atoms with Crippen molar-refractivity contribution in [2.45, 2.75) is 12.5 Å². The second-order valence-electron chi connectivity index (χ2n) is 5.47. The highest BCUT2D eigenvalue weighted by atomic mass is 79.9. The third kappa shape index (κ3) is 4.62. The molecule has 116 valence electrons. The van der Waals surface area contributed by atoms with Gasteiger partial charge in [0.25, 0.3) is 5.91 Å². The maximum atomic E-state index is 12.9. The molecule has 1 saturated heterocycles. The zero-order valence-corrected chi connectivity index (χ0v) is 15.5. The molecule has 1 aromatic rings. The van der Waals surface area contributed by atoms with Crippen molar-refractivity contribution in [1.82, 2.24) is 9.80 Å². The topological polar surface area (TPSA) is 23.6 Å². The van der Waals surface area contributed by atoms with Gasteiger partial charge < -0.3 is 9.80 Å². The van der Waals surface area contributed by atoms with Crippen molar-refractivity contribution in [3.05, 3.63) is 33.3 Å². The molecule has 1 aliphatic heterocycles. The first kappa shape index (κ1) is 17.1. The first-order valence-corrected chi connectivity index (χ1v) is 9.30. The van der Waals surface area contributed by atoms with Crippen LogP contribution in [-0.2, 0) is 0 Å². The minimum Gasteiger partial charge on any atom is -0.333 e. The Morgan fingerprint density at radius 2 is 2.29 bits per heavy atom. The van der Waals surface area contributed by atoms with Crippen molar-refractivity contribution < 1.29 is 4.79 Å². The average Bonchev–Trinajstić information content (AvgIpc) is 2.65. The SMILES string of the molecule is CN(C)CC1CSCCCN1C(=O)c1cc(Br)ccc1Cl. The van der Waals surface area contributed by atoms with E-state index in [0.717, 1.165) is 35.5 Å². The molecule has 2 rings (SSSR count). The molecule has 0 aliphatic carbocycles. The fourth-order valence-corrected chi connectivity index (χ4v) is 4.10. The Balaban J connectivity index is 2.26. The molecule has 21 heavy (non-hydrogen) atoms. The Bertz CT molecular complexity index is 512. The fraction of sp³-hybridized carbons (Fsp3) is 0.533. The van der Waals surface area contributed by atoms with E-state index >= 15 is 0 Å². The lowest BCUT2D eigenvalue weighted by atomic mass is 10.1. The molecule has 1 unspecified atom stereocenters. The van der Waals surface area contributed by atoms with E-state index in [-0.39, 0.29) is 11.9 Å². The van der Waals surface area contributed by atoms with E-state index in [1.54, 1.807) is 6.07 Å². The molecule has 1 aliphatic rings. The molecule has 1 heterocycles. The van der Waals surface area contributed by atoms with Crippen LogP contribution in [0.3, 0.4) is 0 Å². The molecule has 1 amide bonds. The third-order valence-electron chi connectivity index (χ3n) is 3.43. The number of carbonyl (C=O) groups is 1. The molecule has 1 aromatic carbocycles. The van der Waals surface area contributed by atoms with Crippen molar-refractivity contribution in [3.8, 4) is 0 Å². The summed E-state index contributed by atoms with van der Waals surface area (Å²) in [5.41, 5.74) is 0.585. The maximum absolute atomic E-state index is 12.9. The number of carbonyl (C=O) groups excluding carboxylic acids is 1. The van der Waals surface area contributed by atoms with Crippen molar-refractivity contribution in [1.29, 1.82) is 0 Å². The Morgan fingerprint density at radius 3 is 3.00 bits per heavy atom. The van der Waals surface area contributed by atoms with Crippen LogP contribution in [0.5, 0.6) is 0 Å². The number of amides is 1. The Hall–Kier alpha value is -0.230. The smallest absolute Gasteiger partial charge is 0.255 e.